The number of ether oxygens (including phenoxy) is 1. The second-order valence-electron chi connectivity index (χ2n) is 7.26. The lowest BCUT2D eigenvalue weighted by atomic mass is 10.0. The van der Waals surface area contributed by atoms with Crippen LogP contribution in [0.1, 0.15) is 27.3 Å². The molecule has 4 rings (SSSR count). The van der Waals surface area contributed by atoms with Crippen molar-refractivity contribution in [2.45, 2.75) is 26.8 Å². The quantitative estimate of drug-likeness (QED) is 0.501. The summed E-state index contributed by atoms with van der Waals surface area (Å²) in [7, 11) is 1.49. The van der Waals surface area contributed by atoms with Gasteiger partial charge in [0.1, 0.15) is 6.73 Å². The number of aryl methyl sites for hydroxylation is 2. The Kier molecular flexibility index (Phi) is 5.43. The summed E-state index contributed by atoms with van der Waals surface area (Å²) in [5.74, 6) is -0.687. The molecule has 1 N–H and O–H groups in total. The van der Waals surface area contributed by atoms with Crippen molar-refractivity contribution in [2.24, 2.45) is 0 Å². The van der Waals surface area contributed by atoms with E-state index >= 15 is 0 Å². The van der Waals surface area contributed by atoms with Gasteiger partial charge in [0, 0.05) is 18.7 Å². The number of hydrogen-bond donors (Lipinski definition) is 1. The molecule has 0 unspecified atom stereocenters. The maximum Gasteiger partial charge on any atom is 0.433 e. The first kappa shape index (κ1) is 21.5. The number of alkyl halides is 3. The first-order valence-electron chi connectivity index (χ1n) is 9.54. The minimum absolute atomic E-state index is 0.0896. The largest absolute Gasteiger partial charge is 0.433 e. The highest BCUT2D eigenvalue weighted by Gasteiger charge is 2.35. The van der Waals surface area contributed by atoms with E-state index in [1.807, 2.05) is 19.9 Å². The van der Waals surface area contributed by atoms with Gasteiger partial charge in [-0.2, -0.15) is 23.4 Å². The molecular formula is C21H19F3N6O2. The lowest BCUT2D eigenvalue weighted by Gasteiger charge is -2.11. The summed E-state index contributed by atoms with van der Waals surface area (Å²) >= 11 is 0. The predicted octanol–water partition coefficient (Wildman–Crippen LogP) is 4.08. The van der Waals surface area contributed by atoms with Gasteiger partial charge in [-0.05, 0) is 37.1 Å². The van der Waals surface area contributed by atoms with Gasteiger partial charge in [-0.1, -0.05) is 12.1 Å². The molecule has 0 aliphatic heterocycles. The number of fused-ring (bicyclic) bond motifs is 1. The Hall–Kier alpha value is -3.73. The van der Waals surface area contributed by atoms with Crippen molar-refractivity contribution in [1.29, 1.82) is 0 Å². The number of anilines is 1. The zero-order valence-electron chi connectivity index (χ0n) is 17.4. The van der Waals surface area contributed by atoms with Gasteiger partial charge in [-0.25, -0.2) is 14.2 Å². The number of nitrogens with zero attached hydrogens (tertiary/aromatic N) is 5. The minimum Gasteiger partial charge on any atom is -0.362 e. The highest BCUT2D eigenvalue weighted by atomic mass is 19.4. The minimum atomic E-state index is -4.70. The van der Waals surface area contributed by atoms with Crippen LogP contribution in [-0.4, -0.2) is 37.4 Å². The van der Waals surface area contributed by atoms with Crippen molar-refractivity contribution in [1.82, 2.24) is 24.4 Å². The SMILES string of the molecule is COCn1cc(NC(=O)c2cc3nc(-c4ccc(C)c(C)c4)cc(C(F)(F)F)n3n2)cn1. The molecule has 3 aromatic heterocycles. The molecule has 32 heavy (non-hydrogen) atoms. The maximum atomic E-state index is 13.8. The summed E-state index contributed by atoms with van der Waals surface area (Å²) in [4.78, 5) is 16.9. The molecule has 0 fully saturated rings. The van der Waals surface area contributed by atoms with E-state index in [1.54, 1.807) is 12.1 Å². The third-order valence-corrected chi connectivity index (χ3v) is 4.91. The van der Waals surface area contributed by atoms with E-state index in [2.05, 4.69) is 20.5 Å². The first-order chi connectivity index (χ1) is 15.2. The van der Waals surface area contributed by atoms with Crippen LogP contribution in [0.3, 0.4) is 0 Å². The third kappa shape index (κ3) is 4.19. The van der Waals surface area contributed by atoms with Crippen molar-refractivity contribution >= 4 is 17.2 Å². The second-order valence-corrected chi connectivity index (χ2v) is 7.26. The summed E-state index contributed by atoms with van der Waals surface area (Å²) in [5.41, 5.74) is 1.66. The molecular weight excluding hydrogens is 425 g/mol. The highest BCUT2D eigenvalue weighted by molar-refractivity contribution is 6.03. The third-order valence-electron chi connectivity index (χ3n) is 4.91. The van der Waals surface area contributed by atoms with Crippen molar-refractivity contribution in [3.63, 3.8) is 0 Å². The van der Waals surface area contributed by atoms with E-state index in [4.69, 9.17) is 4.74 Å². The number of aromatic nitrogens is 5. The summed E-state index contributed by atoms with van der Waals surface area (Å²) in [5, 5.41) is 10.4. The van der Waals surface area contributed by atoms with Gasteiger partial charge in [0.2, 0.25) is 0 Å². The smallest absolute Gasteiger partial charge is 0.362 e. The van der Waals surface area contributed by atoms with E-state index in [1.165, 1.54) is 30.3 Å². The van der Waals surface area contributed by atoms with Crippen LogP contribution < -0.4 is 5.32 Å². The van der Waals surface area contributed by atoms with Gasteiger partial charge >= 0.3 is 6.18 Å². The highest BCUT2D eigenvalue weighted by Crippen LogP contribution is 2.32. The number of halogens is 3. The van der Waals surface area contributed by atoms with Gasteiger partial charge in [-0.15, -0.1) is 0 Å². The van der Waals surface area contributed by atoms with E-state index in [0.717, 1.165) is 17.2 Å². The van der Waals surface area contributed by atoms with Crippen LogP contribution in [0.5, 0.6) is 0 Å². The molecule has 0 spiro atoms. The molecule has 1 aromatic carbocycles. The topological polar surface area (TPSA) is 86.3 Å². The standard InChI is InChI=1S/C21H19F3N6O2/c1-12-4-5-14(6-13(12)2)16-7-18(21(22,23)24)30-19(27-16)8-17(28-30)20(31)26-15-9-25-29(10-15)11-32-3/h4-10H,11H2,1-3H3,(H,26,31). The van der Waals surface area contributed by atoms with Crippen molar-refractivity contribution in [3.05, 3.63) is 65.2 Å². The summed E-state index contributed by atoms with van der Waals surface area (Å²) in [6, 6.07) is 7.46. The molecule has 11 heteroatoms. The van der Waals surface area contributed by atoms with Crippen LogP contribution in [0.15, 0.2) is 42.7 Å². The number of carbonyl (C=O) groups excluding carboxylic acids is 1. The molecule has 4 aromatic rings. The van der Waals surface area contributed by atoms with Crippen molar-refractivity contribution in [3.8, 4) is 11.3 Å². The monoisotopic (exact) mass is 444 g/mol. The first-order valence-corrected chi connectivity index (χ1v) is 9.54. The molecule has 0 aliphatic carbocycles. The van der Waals surface area contributed by atoms with Gasteiger partial charge in [0.15, 0.2) is 17.0 Å². The van der Waals surface area contributed by atoms with Gasteiger partial charge in [-0.3, -0.25) is 4.79 Å². The molecule has 0 radical (unpaired) electrons. The number of carbonyl (C=O) groups is 1. The zero-order valence-corrected chi connectivity index (χ0v) is 17.4. The van der Waals surface area contributed by atoms with Crippen molar-refractivity contribution < 1.29 is 22.7 Å². The van der Waals surface area contributed by atoms with Crippen LogP contribution in [-0.2, 0) is 17.6 Å². The fourth-order valence-corrected chi connectivity index (χ4v) is 3.16. The Morgan fingerprint density at radius 2 is 1.94 bits per heavy atom. The van der Waals surface area contributed by atoms with E-state index in [-0.39, 0.29) is 23.8 Å². The summed E-state index contributed by atoms with van der Waals surface area (Å²) in [6.07, 6.45) is -1.78. The fraction of sp³-hybridized carbons (Fsp3) is 0.238. The van der Waals surface area contributed by atoms with E-state index < -0.39 is 17.8 Å². The molecule has 0 saturated carbocycles. The fourth-order valence-electron chi connectivity index (χ4n) is 3.16. The van der Waals surface area contributed by atoms with Crippen LogP contribution in [0.4, 0.5) is 18.9 Å². The number of rotatable bonds is 5. The predicted molar refractivity (Wildman–Crippen MR) is 110 cm³/mol. The molecule has 0 bridgehead atoms. The average Bonchev–Trinajstić information content (AvgIpc) is 3.35. The lowest BCUT2D eigenvalue weighted by molar-refractivity contribution is -0.142. The van der Waals surface area contributed by atoms with Gasteiger partial charge in [0.25, 0.3) is 5.91 Å². The number of nitrogens with one attached hydrogen (secondary N) is 1. The maximum absolute atomic E-state index is 13.8. The Morgan fingerprint density at radius 1 is 1.16 bits per heavy atom. The second kappa shape index (κ2) is 8.08. The van der Waals surface area contributed by atoms with Gasteiger partial charge in [0.05, 0.1) is 23.8 Å². The Bertz CT molecular complexity index is 1310. The van der Waals surface area contributed by atoms with Crippen LogP contribution in [0.25, 0.3) is 16.9 Å². The normalized spacial score (nSPS) is 11.8. The molecule has 166 valence electrons. The number of benzene rings is 1. The Balaban J connectivity index is 1.74. The molecule has 0 atom stereocenters. The Morgan fingerprint density at radius 3 is 2.62 bits per heavy atom. The van der Waals surface area contributed by atoms with E-state index in [0.29, 0.717) is 15.8 Å². The molecule has 3 heterocycles. The zero-order chi connectivity index (χ0) is 23.0. The van der Waals surface area contributed by atoms with Crippen LogP contribution in [0.2, 0.25) is 0 Å². The average molecular weight is 444 g/mol. The number of hydrogen-bond acceptors (Lipinski definition) is 5. The molecule has 8 nitrogen and oxygen atoms in total. The van der Waals surface area contributed by atoms with Crippen molar-refractivity contribution in [2.75, 3.05) is 12.4 Å². The number of methoxy groups -OCH3 is 1. The summed E-state index contributed by atoms with van der Waals surface area (Å²) < 4.78 is 48.3. The van der Waals surface area contributed by atoms with Crippen LogP contribution in [0, 0.1) is 13.8 Å². The molecule has 1 amide bonds. The molecule has 0 aliphatic rings. The summed E-state index contributed by atoms with van der Waals surface area (Å²) in [6.45, 7) is 3.97. The van der Waals surface area contributed by atoms with E-state index in [9.17, 15) is 18.0 Å². The van der Waals surface area contributed by atoms with Crippen LogP contribution >= 0.6 is 0 Å². The van der Waals surface area contributed by atoms with Gasteiger partial charge < -0.3 is 10.1 Å². The number of amides is 1. The molecule has 0 saturated heterocycles. The Labute approximate surface area is 180 Å². The lowest BCUT2D eigenvalue weighted by Crippen LogP contribution is -2.15.